The molecule has 2 aromatic carbocycles. The van der Waals surface area contributed by atoms with Crippen molar-refractivity contribution in [2.24, 2.45) is 5.92 Å². The Balaban J connectivity index is 1.28. The average molecular weight is 399 g/mol. The first-order valence-corrected chi connectivity index (χ1v) is 9.98. The number of hydrogen-bond donors (Lipinski definition) is 1. The van der Waals surface area contributed by atoms with Crippen molar-refractivity contribution in [3.8, 4) is 11.3 Å². The summed E-state index contributed by atoms with van der Waals surface area (Å²) in [5.41, 5.74) is 3.34. The molecule has 1 aliphatic rings. The zero-order chi connectivity index (χ0) is 20.5. The highest BCUT2D eigenvalue weighted by atomic mass is 16.3. The summed E-state index contributed by atoms with van der Waals surface area (Å²) >= 11 is 0. The lowest BCUT2D eigenvalue weighted by Gasteiger charge is -2.16. The summed E-state index contributed by atoms with van der Waals surface area (Å²) in [4.78, 5) is 23.3. The molecule has 0 bridgehead atoms. The second-order valence-electron chi connectivity index (χ2n) is 7.68. The molecule has 30 heavy (non-hydrogen) atoms. The van der Waals surface area contributed by atoms with E-state index in [0.717, 1.165) is 22.2 Å². The number of aliphatic hydroxyl groups excluding tert-OH is 1. The largest absolute Gasteiger partial charge is 0.444 e. The van der Waals surface area contributed by atoms with E-state index in [1.54, 1.807) is 23.2 Å². The summed E-state index contributed by atoms with van der Waals surface area (Å²) in [6.45, 7) is 0.847. The van der Waals surface area contributed by atoms with Crippen LogP contribution in [0.5, 0.6) is 0 Å². The fourth-order valence-corrected chi connectivity index (χ4v) is 4.03. The Bertz CT molecular complexity index is 1170. The number of β-amino-alcohol motifs (C(OH)–C–C–N with tert-alkyl or cyclic N) is 1. The summed E-state index contributed by atoms with van der Waals surface area (Å²) in [5, 5.41) is 11.7. The maximum Gasteiger partial charge on any atom is 0.253 e. The van der Waals surface area contributed by atoms with Gasteiger partial charge in [0.15, 0.2) is 12.2 Å². The zero-order valence-electron chi connectivity index (χ0n) is 16.3. The van der Waals surface area contributed by atoms with Gasteiger partial charge in [-0.1, -0.05) is 36.4 Å². The van der Waals surface area contributed by atoms with Gasteiger partial charge in [-0.05, 0) is 30.7 Å². The number of para-hydroxylation sites is 1. The van der Waals surface area contributed by atoms with Crippen molar-refractivity contribution < 1.29 is 14.3 Å². The maximum atomic E-state index is 12.9. The number of amides is 1. The Kier molecular flexibility index (Phi) is 4.77. The lowest BCUT2D eigenvalue weighted by molar-refractivity contribution is 0.0764. The van der Waals surface area contributed by atoms with Gasteiger partial charge in [-0.25, -0.2) is 4.98 Å². The molecule has 150 valence electrons. The molecule has 1 saturated heterocycles. The summed E-state index contributed by atoms with van der Waals surface area (Å²) < 4.78 is 5.29. The summed E-state index contributed by atoms with van der Waals surface area (Å²) in [6.07, 6.45) is 3.10. The van der Waals surface area contributed by atoms with E-state index in [9.17, 15) is 9.90 Å². The average Bonchev–Trinajstić information content (AvgIpc) is 3.44. The third-order valence-corrected chi connectivity index (χ3v) is 5.67. The first-order valence-electron chi connectivity index (χ1n) is 9.98. The van der Waals surface area contributed by atoms with Gasteiger partial charge in [0.1, 0.15) is 0 Å². The van der Waals surface area contributed by atoms with Crippen LogP contribution < -0.4 is 0 Å². The van der Waals surface area contributed by atoms with Gasteiger partial charge in [0.2, 0.25) is 0 Å². The van der Waals surface area contributed by atoms with Crippen LogP contribution in [0.3, 0.4) is 0 Å². The first-order chi connectivity index (χ1) is 14.7. The molecule has 1 fully saturated rings. The molecule has 2 aromatic heterocycles. The number of nitrogens with zero attached hydrogens (tertiary/aromatic N) is 3. The van der Waals surface area contributed by atoms with E-state index in [2.05, 4.69) is 11.1 Å². The van der Waals surface area contributed by atoms with Crippen LogP contribution in [-0.2, 0) is 6.42 Å². The normalized spacial score (nSPS) is 18.8. The number of fused-ring (bicyclic) bond motifs is 1. The van der Waals surface area contributed by atoms with Crippen LogP contribution >= 0.6 is 0 Å². The molecular weight excluding hydrogens is 378 g/mol. The molecule has 3 heterocycles. The summed E-state index contributed by atoms with van der Waals surface area (Å²) in [7, 11) is 0. The molecular formula is C24H21N3O3. The minimum Gasteiger partial charge on any atom is -0.444 e. The molecule has 0 unspecified atom stereocenters. The predicted molar refractivity (Wildman–Crippen MR) is 113 cm³/mol. The number of hydrogen-bond acceptors (Lipinski definition) is 5. The van der Waals surface area contributed by atoms with Gasteiger partial charge in [-0.15, -0.1) is 0 Å². The van der Waals surface area contributed by atoms with E-state index in [4.69, 9.17) is 9.40 Å². The SMILES string of the molecule is O=C(c1ccc(-c2cnco2)cc1)N1C[C@@H](Cc2ccc3ccccc3n2)[C@H](O)C1. The fraction of sp³-hybridized carbons (Fsp3) is 0.208. The number of likely N-dealkylation sites (tertiary alicyclic amines) is 1. The summed E-state index contributed by atoms with van der Waals surface area (Å²) in [6, 6.07) is 19.3. The van der Waals surface area contributed by atoms with Crippen LogP contribution in [0.25, 0.3) is 22.2 Å². The van der Waals surface area contributed by atoms with Gasteiger partial charge >= 0.3 is 0 Å². The van der Waals surface area contributed by atoms with Crippen molar-refractivity contribution in [3.05, 3.63) is 84.5 Å². The Morgan fingerprint density at radius 3 is 2.70 bits per heavy atom. The molecule has 6 heteroatoms. The second-order valence-corrected chi connectivity index (χ2v) is 7.68. The molecule has 0 aliphatic carbocycles. The minimum absolute atomic E-state index is 0.0314. The van der Waals surface area contributed by atoms with E-state index in [1.165, 1.54) is 6.39 Å². The molecule has 1 aliphatic heterocycles. The van der Waals surface area contributed by atoms with Gasteiger partial charge in [-0.2, -0.15) is 0 Å². The maximum absolute atomic E-state index is 12.9. The molecule has 5 rings (SSSR count). The van der Waals surface area contributed by atoms with Crippen LogP contribution in [0.4, 0.5) is 0 Å². The van der Waals surface area contributed by atoms with Crippen molar-refractivity contribution in [1.82, 2.24) is 14.9 Å². The zero-order valence-corrected chi connectivity index (χ0v) is 16.3. The van der Waals surface area contributed by atoms with Crippen LogP contribution in [0.1, 0.15) is 16.1 Å². The number of aliphatic hydroxyl groups is 1. The first kappa shape index (κ1) is 18.5. The standard InChI is InChI=1S/C24H21N3O3/c28-22-14-27(24(29)18-7-5-17(6-8-18)23-12-25-15-30-23)13-19(22)11-20-10-9-16-3-1-2-4-21(16)26-20/h1-10,12,15,19,22,28H,11,13-14H2/t19-,22-/m1/s1. The molecule has 4 aromatic rings. The molecule has 0 spiro atoms. The molecule has 2 atom stereocenters. The van der Waals surface area contributed by atoms with Crippen molar-refractivity contribution in [2.45, 2.75) is 12.5 Å². The van der Waals surface area contributed by atoms with Gasteiger partial charge in [0.25, 0.3) is 5.91 Å². The van der Waals surface area contributed by atoms with E-state index in [-0.39, 0.29) is 11.8 Å². The van der Waals surface area contributed by atoms with Crippen LogP contribution in [0, 0.1) is 5.92 Å². The number of pyridine rings is 1. The van der Waals surface area contributed by atoms with Gasteiger partial charge < -0.3 is 14.4 Å². The smallest absolute Gasteiger partial charge is 0.253 e. The second kappa shape index (κ2) is 7.72. The highest BCUT2D eigenvalue weighted by molar-refractivity contribution is 5.94. The van der Waals surface area contributed by atoms with E-state index in [1.807, 2.05) is 42.5 Å². The van der Waals surface area contributed by atoms with E-state index in [0.29, 0.717) is 30.8 Å². The number of benzene rings is 2. The topological polar surface area (TPSA) is 79.5 Å². The van der Waals surface area contributed by atoms with Gasteiger partial charge in [-0.3, -0.25) is 9.78 Å². The van der Waals surface area contributed by atoms with Crippen LogP contribution in [-0.4, -0.2) is 45.1 Å². The van der Waals surface area contributed by atoms with Crippen LogP contribution in [0.15, 0.2) is 77.7 Å². The summed E-state index contributed by atoms with van der Waals surface area (Å²) in [5.74, 6) is 0.553. The lowest BCUT2D eigenvalue weighted by Crippen LogP contribution is -2.29. The third kappa shape index (κ3) is 3.57. The fourth-order valence-electron chi connectivity index (χ4n) is 4.03. The van der Waals surface area contributed by atoms with Crippen molar-refractivity contribution in [1.29, 1.82) is 0 Å². The van der Waals surface area contributed by atoms with Crippen molar-refractivity contribution >= 4 is 16.8 Å². The molecule has 0 saturated carbocycles. The van der Waals surface area contributed by atoms with Crippen LogP contribution in [0.2, 0.25) is 0 Å². The van der Waals surface area contributed by atoms with Crippen molar-refractivity contribution in [3.63, 3.8) is 0 Å². The van der Waals surface area contributed by atoms with Crippen molar-refractivity contribution in [2.75, 3.05) is 13.1 Å². The van der Waals surface area contributed by atoms with E-state index < -0.39 is 6.10 Å². The monoisotopic (exact) mass is 399 g/mol. The lowest BCUT2D eigenvalue weighted by atomic mass is 9.99. The Morgan fingerprint density at radius 1 is 1.07 bits per heavy atom. The molecule has 6 nitrogen and oxygen atoms in total. The van der Waals surface area contributed by atoms with Gasteiger partial charge in [0.05, 0.1) is 17.8 Å². The van der Waals surface area contributed by atoms with E-state index >= 15 is 0 Å². The number of rotatable bonds is 4. The Hall–Kier alpha value is -3.51. The number of aromatic nitrogens is 2. The quantitative estimate of drug-likeness (QED) is 0.568. The minimum atomic E-state index is -0.560. The van der Waals surface area contributed by atoms with Gasteiger partial charge in [0, 0.05) is 41.2 Å². The number of carbonyl (C=O) groups is 1. The highest BCUT2D eigenvalue weighted by Crippen LogP contribution is 2.25. The Labute approximate surface area is 173 Å². The molecule has 1 N–H and O–H groups in total. The number of oxazole rings is 1. The third-order valence-electron chi connectivity index (χ3n) is 5.67. The molecule has 1 amide bonds. The highest BCUT2D eigenvalue weighted by Gasteiger charge is 2.34. The number of carbonyl (C=O) groups excluding carboxylic acids is 1. The Morgan fingerprint density at radius 2 is 1.90 bits per heavy atom. The predicted octanol–water partition coefficient (Wildman–Crippen LogP) is 3.57. The molecule has 0 radical (unpaired) electrons.